The van der Waals surface area contributed by atoms with Crippen LogP contribution in [0.5, 0.6) is 11.5 Å². The summed E-state index contributed by atoms with van der Waals surface area (Å²) in [5.41, 5.74) is 0.242. The molecule has 7 heteroatoms. The predicted octanol–water partition coefficient (Wildman–Crippen LogP) is 3.80. The Labute approximate surface area is 178 Å². The molecule has 0 heterocycles. The lowest BCUT2D eigenvalue weighted by Gasteiger charge is -2.16. The van der Waals surface area contributed by atoms with Crippen molar-refractivity contribution < 1.29 is 34.4 Å². The average Bonchev–Trinajstić information content (AvgIpc) is 2.78. The molecule has 0 aromatic heterocycles. The minimum Gasteiger partial charge on any atom is -0.507 e. The topological polar surface area (TPSA) is 121 Å². The normalized spacial score (nSPS) is 10.5. The lowest BCUT2D eigenvalue weighted by atomic mass is 9.90. The van der Waals surface area contributed by atoms with Crippen LogP contribution in [0.25, 0.3) is 11.1 Å². The number of hydrogen-bond donors (Lipinski definition) is 3. The summed E-state index contributed by atoms with van der Waals surface area (Å²) < 4.78 is 4.64. The smallest absolute Gasteiger partial charge is 0.336 e. The maximum Gasteiger partial charge on any atom is 0.336 e. The van der Waals surface area contributed by atoms with Gasteiger partial charge in [-0.25, -0.2) is 4.79 Å². The van der Waals surface area contributed by atoms with Crippen molar-refractivity contribution in [1.82, 2.24) is 0 Å². The fraction of sp³-hybridized carbons (Fsp3) is 0.125. The minimum atomic E-state index is -1.28. The number of phenols is 2. The van der Waals surface area contributed by atoms with Crippen LogP contribution < -0.4 is 0 Å². The first-order chi connectivity index (χ1) is 14.8. The molecular formula is C24H20O7. The number of rotatable bonds is 7. The van der Waals surface area contributed by atoms with E-state index in [2.05, 4.69) is 4.74 Å². The van der Waals surface area contributed by atoms with Crippen molar-refractivity contribution in [3.63, 3.8) is 0 Å². The predicted molar refractivity (Wildman–Crippen MR) is 112 cm³/mol. The van der Waals surface area contributed by atoms with Crippen LogP contribution in [0.1, 0.15) is 38.3 Å². The maximum absolute atomic E-state index is 13.2. The van der Waals surface area contributed by atoms with Crippen molar-refractivity contribution in [3.05, 3.63) is 82.9 Å². The Bertz CT molecular complexity index is 1150. The highest BCUT2D eigenvalue weighted by molar-refractivity contribution is 6.16. The number of hydrogen-bond acceptors (Lipinski definition) is 6. The first-order valence-electron chi connectivity index (χ1n) is 9.42. The number of carboxylic acid groups (broad SMARTS) is 1. The van der Waals surface area contributed by atoms with E-state index in [0.717, 1.165) is 0 Å². The molecule has 0 aliphatic carbocycles. The largest absolute Gasteiger partial charge is 0.507 e. The summed E-state index contributed by atoms with van der Waals surface area (Å²) in [6.45, 7) is 0. The number of esters is 1. The van der Waals surface area contributed by atoms with E-state index in [1.165, 1.54) is 37.4 Å². The summed E-state index contributed by atoms with van der Waals surface area (Å²) in [5.74, 6) is -3.24. The van der Waals surface area contributed by atoms with Gasteiger partial charge in [0.2, 0.25) is 0 Å². The zero-order chi connectivity index (χ0) is 22.5. The lowest BCUT2D eigenvalue weighted by molar-refractivity contribution is -0.140. The molecule has 3 aromatic rings. The maximum atomic E-state index is 13.2. The number of methoxy groups -OCH3 is 1. The Morgan fingerprint density at radius 1 is 0.839 bits per heavy atom. The van der Waals surface area contributed by atoms with Gasteiger partial charge in [-0.2, -0.15) is 0 Å². The van der Waals surface area contributed by atoms with Crippen LogP contribution in [-0.2, 0) is 16.0 Å². The second-order valence-electron chi connectivity index (χ2n) is 6.78. The number of aromatic carboxylic acids is 1. The molecule has 0 saturated carbocycles. The number of aromatic hydroxyl groups is 2. The minimum absolute atomic E-state index is 0.0270. The molecule has 0 atom stereocenters. The first-order valence-corrected chi connectivity index (χ1v) is 9.42. The summed E-state index contributed by atoms with van der Waals surface area (Å²) in [6, 6.07) is 15.4. The van der Waals surface area contributed by atoms with Crippen LogP contribution in [0.3, 0.4) is 0 Å². The van der Waals surface area contributed by atoms with Gasteiger partial charge < -0.3 is 20.1 Å². The van der Waals surface area contributed by atoms with E-state index in [-0.39, 0.29) is 46.4 Å². The number of aryl methyl sites for hydroxylation is 1. The monoisotopic (exact) mass is 420 g/mol. The molecule has 0 saturated heterocycles. The number of phenolic OH excluding ortho intramolecular Hbond substituents is 2. The zero-order valence-corrected chi connectivity index (χ0v) is 16.7. The highest BCUT2D eigenvalue weighted by Crippen LogP contribution is 2.43. The molecule has 3 N–H and O–H groups in total. The van der Waals surface area contributed by atoms with Gasteiger partial charge in [-0.15, -0.1) is 0 Å². The van der Waals surface area contributed by atoms with Crippen molar-refractivity contribution in [2.45, 2.75) is 12.8 Å². The Hall–Kier alpha value is -4.13. The average molecular weight is 420 g/mol. The van der Waals surface area contributed by atoms with E-state index in [9.17, 15) is 29.7 Å². The zero-order valence-electron chi connectivity index (χ0n) is 16.7. The van der Waals surface area contributed by atoms with E-state index >= 15 is 0 Å². The molecule has 3 aromatic carbocycles. The van der Waals surface area contributed by atoms with E-state index in [1.807, 2.05) is 0 Å². The number of carbonyl (C=O) groups excluding carboxylic acids is 2. The van der Waals surface area contributed by atoms with E-state index in [1.54, 1.807) is 30.3 Å². The summed E-state index contributed by atoms with van der Waals surface area (Å²) >= 11 is 0. The van der Waals surface area contributed by atoms with E-state index in [0.29, 0.717) is 5.56 Å². The molecule has 0 aliphatic rings. The Balaban J connectivity index is 2.21. The van der Waals surface area contributed by atoms with Gasteiger partial charge in [0.05, 0.1) is 23.8 Å². The fourth-order valence-electron chi connectivity index (χ4n) is 3.31. The summed E-state index contributed by atoms with van der Waals surface area (Å²) in [5, 5.41) is 31.2. The highest BCUT2D eigenvalue weighted by atomic mass is 16.5. The van der Waals surface area contributed by atoms with Gasteiger partial charge in [-0.1, -0.05) is 48.5 Å². The van der Waals surface area contributed by atoms with Gasteiger partial charge >= 0.3 is 11.9 Å². The molecule has 0 amide bonds. The second-order valence-corrected chi connectivity index (χ2v) is 6.78. The molecule has 0 radical (unpaired) electrons. The standard InChI is InChI=1S/C24H20O7/c1-31-19(25)12-11-15-13-18(22(27)16-9-5-6-10-17(16)24(29)30)23(28)20(21(15)26)14-7-3-2-4-8-14/h2-10,13,26,28H,11-12H2,1H3,(H,29,30). The van der Waals surface area contributed by atoms with Gasteiger partial charge in [0.25, 0.3) is 0 Å². The number of carbonyl (C=O) groups is 3. The number of carboxylic acids is 1. The van der Waals surface area contributed by atoms with E-state index in [4.69, 9.17) is 0 Å². The number of ketones is 1. The van der Waals surface area contributed by atoms with E-state index < -0.39 is 23.5 Å². The van der Waals surface area contributed by atoms with Crippen molar-refractivity contribution in [3.8, 4) is 22.6 Å². The van der Waals surface area contributed by atoms with Crippen molar-refractivity contribution in [2.24, 2.45) is 0 Å². The quantitative estimate of drug-likeness (QED) is 0.393. The fourth-order valence-corrected chi connectivity index (χ4v) is 3.31. The lowest BCUT2D eigenvalue weighted by Crippen LogP contribution is -2.11. The van der Waals surface area contributed by atoms with Gasteiger partial charge in [0.1, 0.15) is 11.5 Å². The SMILES string of the molecule is COC(=O)CCc1cc(C(=O)c2ccccc2C(=O)O)c(O)c(-c2ccccc2)c1O. The van der Waals surface area contributed by atoms with Crippen molar-refractivity contribution in [1.29, 1.82) is 0 Å². The molecule has 31 heavy (non-hydrogen) atoms. The van der Waals surface area contributed by atoms with Gasteiger partial charge in [0.15, 0.2) is 5.78 Å². The second kappa shape index (κ2) is 9.13. The van der Waals surface area contributed by atoms with Crippen molar-refractivity contribution in [2.75, 3.05) is 7.11 Å². The molecule has 0 spiro atoms. The van der Waals surface area contributed by atoms with Crippen LogP contribution in [-0.4, -0.2) is 40.2 Å². The molecule has 0 bridgehead atoms. The van der Waals surface area contributed by atoms with Crippen molar-refractivity contribution >= 4 is 17.7 Å². The first kappa shape index (κ1) is 21.6. The molecule has 3 rings (SSSR count). The Kier molecular flexibility index (Phi) is 6.35. The molecule has 7 nitrogen and oxygen atoms in total. The van der Waals surface area contributed by atoms with Crippen LogP contribution in [0, 0.1) is 0 Å². The third kappa shape index (κ3) is 4.40. The van der Waals surface area contributed by atoms with Gasteiger partial charge in [-0.3, -0.25) is 9.59 Å². The summed E-state index contributed by atoms with van der Waals surface area (Å²) in [4.78, 5) is 36.4. The number of benzene rings is 3. The van der Waals surface area contributed by atoms with Crippen LogP contribution in [0.15, 0.2) is 60.7 Å². The third-order valence-electron chi connectivity index (χ3n) is 4.89. The Morgan fingerprint density at radius 3 is 2.06 bits per heavy atom. The van der Waals surface area contributed by atoms with Crippen LogP contribution >= 0.6 is 0 Å². The van der Waals surface area contributed by atoms with Gasteiger partial charge in [-0.05, 0) is 29.7 Å². The molecule has 158 valence electrons. The van der Waals surface area contributed by atoms with Crippen LogP contribution in [0.2, 0.25) is 0 Å². The molecule has 0 unspecified atom stereocenters. The summed E-state index contributed by atoms with van der Waals surface area (Å²) in [7, 11) is 1.24. The summed E-state index contributed by atoms with van der Waals surface area (Å²) in [6.07, 6.45) is 0.00187. The molecule has 0 fully saturated rings. The van der Waals surface area contributed by atoms with Crippen LogP contribution in [0.4, 0.5) is 0 Å². The number of ether oxygens (including phenoxy) is 1. The van der Waals surface area contributed by atoms with Gasteiger partial charge in [0, 0.05) is 12.0 Å². The molecule has 0 aliphatic heterocycles. The molecular weight excluding hydrogens is 400 g/mol. The highest BCUT2D eigenvalue weighted by Gasteiger charge is 2.26. The third-order valence-corrected chi connectivity index (χ3v) is 4.89. The Morgan fingerprint density at radius 2 is 1.45 bits per heavy atom.